The molecule has 2 N–H and O–H groups in total. The molecule has 0 saturated heterocycles. The number of aromatic nitrogens is 4. The van der Waals surface area contributed by atoms with E-state index in [1.54, 1.807) is 11.7 Å². The number of hydrogen-bond acceptors (Lipinski definition) is 4. The first-order valence-electron chi connectivity index (χ1n) is 4.27. The van der Waals surface area contributed by atoms with E-state index >= 15 is 0 Å². The third-order valence-corrected chi connectivity index (χ3v) is 2.07. The summed E-state index contributed by atoms with van der Waals surface area (Å²) >= 11 is 0. The van der Waals surface area contributed by atoms with E-state index in [1.165, 1.54) is 0 Å². The van der Waals surface area contributed by atoms with Crippen LogP contribution in [0.3, 0.4) is 0 Å². The van der Waals surface area contributed by atoms with Crippen LogP contribution in [-0.4, -0.2) is 20.2 Å². The van der Waals surface area contributed by atoms with Crippen molar-refractivity contribution in [1.29, 1.82) is 0 Å². The van der Waals surface area contributed by atoms with Gasteiger partial charge in [-0.2, -0.15) is 0 Å². The Hall–Kier alpha value is -1.91. The minimum absolute atomic E-state index is 0.686. The van der Waals surface area contributed by atoms with Gasteiger partial charge in [-0.3, -0.25) is 0 Å². The predicted octanol–water partition coefficient (Wildman–Crippen LogP) is 0.768. The number of nitrogens with zero attached hydrogens (tertiary/aromatic N) is 4. The zero-order valence-electron chi connectivity index (χ0n) is 8.10. The minimum atomic E-state index is 0.686. The van der Waals surface area contributed by atoms with Gasteiger partial charge in [-0.15, -0.1) is 5.10 Å². The molecule has 0 unspecified atom stereocenters. The normalized spacial score (nSPS) is 10.4. The summed E-state index contributed by atoms with van der Waals surface area (Å²) in [4.78, 5) is 0. The first-order valence-corrected chi connectivity index (χ1v) is 4.27. The Morgan fingerprint density at radius 2 is 2.14 bits per heavy atom. The second kappa shape index (κ2) is 3.10. The number of hydrogen-bond donors (Lipinski definition) is 1. The molecule has 1 heterocycles. The van der Waals surface area contributed by atoms with Gasteiger partial charge in [0.2, 0.25) is 0 Å². The summed E-state index contributed by atoms with van der Waals surface area (Å²) in [5, 5.41) is 11.2. The largest absolute Gasteiger partial charge is 0.398 e. The highest BCUT2D eigenvalue weighted by molar-refractivity contribution is 5.71. The summed E-state index contributed by atoms with van der Waals surface area (Å²) in [5.41, 5.74) is 8.54. The Morgan fingerprint density at radius 3 is 2.79 bits per heavy atom. The lowest BCUT2D eigenvalue weighted by molar-refractivity contribution is 0.715. The van der Waals surface area contributed by atoms with E-state index in [0.29, 0.717) is 11.5 Å². The molecule has 2 rings (SSSR count). The van der Waals surface area contributed by atoms with Gasteiger partial charge in [-0.25, -0.2) is 4.68 Å². The summed E-state index contributed by atoms with van der Waals surface area (Å²) in [6.07, 6.45) is 0. The number of benzene rings is 1. The number of nitrogen functional groups attached to an aromatic ring is 1. The topological polar surface area (TPSA) is 69.6 Å². The fourth-order valence-corrected chi connectivity index (χ4v) is 1.32. The number of aryl methyl sites for hydroxylation is 2. The maximum atomic E-state index is 5.84. The average molecular weight is 189 g/mol. The molecule has 0 radical (unpaired) electrons. The molecule has 0 fully saturated rings. The van der Waals surface area contributed by atoms with E-state index in [2.05, 4.69) is 15.5 Å². The third kappa shape index (κ3) is 1.32. The van der Waals surface area contributed by atoms with Gasteiger partial charge in [-0.05, 0) is 29.5 Å². The number of nitrogens with two attached hydrogens (primary N) is 1. The zero-order valence-corrected chi connectivity index (χ0v) is 8.10. The average Bonchev–Trinajstić information content (AvgIpc) is 2.56. The van der Waals surface area contributed by atoms with E-state index in [0.717, 1.165) is 11.1 Å². The molecule has 0 amide bonds. The summed E-state index contributed by atoms with van der Waals surface area (Å²) in [6, 6.07) is 5.79. The highest BCUT2D eigenvalue weighted by Gasteiger charge is 2.08. The molecule has 0 saturated carbocycles. The van der Waals surface area contributed by atoms with E-state index in [-0.39, 0.29) is 0 Å². The summed E-state index contributed by atoms with van der Waals surface area (Å²) in [7, 11) is 1.79. The maximum Gasteiger partial charge on any atom is 0.183 e. The van der Waals surface area contributed by atoms with Crippen LogP contribution in [0.15, 0.2) is 18.2 Å². The predicted molar refractivity (Wildman–Crippen MR) is 53.4 cm³/mol. The lowest BCUT2D eigenvalue weighted by atomic mass is 10.1. The molecule has 0 spiro atoms. The first-order chi connectivity index (χ1) is 6.68. The van der Waals surface area contributed by atoms with E-state index in [9.17, 15) is 0 Å². The SMILES string of the molecule is Cc1ccc(N)c(-c2nnnn2C)c1. The van der Waals surface area contributed by atoms with Crippen LogP contribution in [0.5, 0.6) is 0 Å². The molecule has 2 aromatic rings. The first kappa shape index (κ1) is 8.68. The molecule has 0 atom stereocenters. The van der Waals surface area contributed by atoms with Gasteiger partial charge in [0.25, 0.3) is 0 Å². The Labute approximate surface area is 81.5 Å². The summed E-state index contributed by atoms with van der Waals surface area (Å²) < 4.78 is 1.60. The van der Waals surface area contributed by atoms with Crippen LogP contribution in [0.2, 0.25) is 0 Å². The Bertz CT molecular complexity index is 460. The van der Waals surface area contributed by atoms with Crippen molar-refractivity contribution < 1.29 is 0 Å². The van der Waals surface area contributed by atoms with Crippen LogP contribution >= 0.6 is 0 Å². The Morgan fingerprint density at radius 1 is 1.36 bits per heavy atom. The van der Waals surface area contributed by atoms with Gasteiger partial charge < -0.3 is 5.73 Å². The van der Waals surface area contributed by atoms with Crippen LogP contribution < -0.4 is 5.73 Å². The van der Waals surface area contributed by atoms with E-state index in [4.69, 9.17) is 5.73 Å². The van der Waals surface area contributed by atoms with Crippen molar-refractivity contribution in [3.05, 3.63) is 23.8 Å². The van der Waals surface area contributed by atoms with E-state index < -0.39 is 0 Å². The fraction of sp³-hybridized carbons (Fsp3) is 0.222. The van der Waals surface area contributed by atoms with Gasteiger partial charge in [0.05, 0.1) is 0 Å². The molecule has 5 nitrogen and oxygen atoms in total. The van der Waals surface area contributed by atoms with Crippen LogP contribution in [0.4, 0.5) is 5.69 Å². The summed E-state index contributed by atoms with van der Waals surface area (Å²) in [6.45, 7) is 2.01. The van der Waals surface area contributed by atoms with Crippen molar-refractivity contribution in [2.24, 2.45) is 7.05 Å². The fourth-order valence-electron chi connectivity index (χ4n) is 1.32. The molecule has 0 aliphatic rings. The van der Waals surface area contributed by atoms with Gasteiger partial charge in [0.1, 0.15) is 0 Å². The van der Waals surface area contributed by atoms with Crippen LogP contribution in [0.25, 0.3) is 11.4 Å². The van der Waals surface area contributed by atoms with Gasteiger partial charge in [0, 0.05) is 18.3 Å². The van der Waals surface area contributed by atoms with Crippen molar-refractivity contribution in [2.45, 2.75) is 6.92 Å². The van der Waals surface area contributed by atoms with Crippen molar-refractivity contribution >= 4 is 5.69 Å². The highest BCUT2D eigenvalue weighted by Crippen LogP contribution is 2.23. The quantitative estimate of drug-likeness (QED) is 0.672. The second-order valence-corrected chi connectivity index (χ2v) is 3.22. The zero-order chi connectivity index (χ0) is 10.1. The van der Waals surface area contributed by atoms with Crippen LogP contribution in [0.1, 0.15) is 5.56 Å². The molecule has 1 aromatic carbocycles. The number of anilines is 1. The smallest absolute Gasteiger partial charge is 0.183 e. The molecule has 14 heavy (non-hydrogen) atoms. The molecular formula is C9H11N5. The van der Waals surface area contributed by atoms with Crippen molar-refractivity contribution in [2.75, 3.05) is 5.73 Å². The van der Waals surface area contributed by atoms with Gasteiger partial charge >= 0.3 is 0 Å². The summed E-state index contributed by atoms with van der Waals surface area (Å²) in [5.74, 6) is 0.686. The van der Waals surface area contributed by atoms with Crippen LogP contribution in [-0.2, 0) is 7.05 Å². The molecule has 72 valence electrons. The van der Waals surface area contributed by atoms with Crippen molar-refractivity contribution in [1.82, 2.24) is 20.2 Å². The highest BCUT2D eigenvalue weighted by atomic mass is 15.5. The van der Waals surface area contributed by atoms with E-state index in [1.807, 2.05) is 25.1 Å². The minimum Gasteiger partial charge on any atom is -0.398 e. The molecule has 0 aliphatic heterocycles. The standard InChI is InChI=1S/C9H11N5/c1-6-3-4-8(10)7(5-6)9-11-12-13-14(9)2/h3-5H,10H2,1-2H3. The lowest BCUT2D eigenvalue weighted by Gasteiger charge is -2.04. The molecule has 0 aliphatic carbocycles. The molecule has 0 bridgehead atoms. The molecular weight excluding hydrogens is 178 g/mol. The van der Waals surface area contributed by atoms with Crippen molar-refractivity contribution in [3.63, 3.8) is 0 Å². The third-order valence-electron chi connectivity index (χ3n) is 2.07. The van der Waals surface area contributed by atoms with Gasteiger partial charge in [-0.1, -0.05) is 11.6 Å². The Kier molecular flexibility index (Phi) is 1.92. The Balaban J connectivity index is 2.62. The maximum absolute atomic E-state index is 5.84. The van der Waals surface area contributed by atoms with Crippen LogP contribution in [0, 0.1) is 6.92 Å². The monoisotopic (exact) mass is 189 g/mol. The van der Waals surface area contributed by atoms with Crippen molar-refractivity contribution in [3.8, 4) is 11.4 Å². The molecule has 1 aromatic heterocycles. The lowest BCUT2D eigenvalue weighted by Crippen LogP contribution is -1.98. The number of rotatable bonds is 1. The van der Waals surface area contributed by atoms with Gasteiger partial charge in [0.15, 0.2) is 5.82 Å². The number of tetrazole rings is 1. The second-order valence-electron chi connectivity index (χ2n) is 3.22. The molecule has 5 heteroatoms.